The van der Waals surface area contributed by atoms with Gasteiger partial charge in [-0.05, 0) is 18.2 Å². The Kier molecular flexibility index (Phi) is 4.08. The number of aromatic nitrogens is 2. The van der Waals surface area contributed by atoms with E-state index in [0.717, 1.165) is 6.07 Å². The van der Waals surface area contributed by atoms with E-state index in [4.69, 9.17) is 20.8 Å². The number of rotatable bonds is 2. The quantitative estimate of drug-likeness (QED) is 0.848. The molecule has 0 aliphatic carbocycles. The highest BCUT2D eigenvalue weighted by Gasteiger charge is 2.34. The van der Waals surface area contributed by atoms with Crippen molar-refractivity contribution in [2.75, 3.05) is 19.8 Å². The Hall–Kier alpha value is -1.99. The second kappa shape index (κ2) is 6.02. The number of carbonyl (C=O) groups excluding carboxylic acids is 1. The molecule has 1 aliphatic heterocycles. The number of morpholine rings is 1. The summed E-state index contributed by atoms with van der Waals surface area (Å²) in [4.78, 5) is 14.1. The molecule has 2 heterocycles. The summed E-state index contributed by atoms with van der Waals surface area (Å²) in [5, 5.41) is 7.92. The van der Waals surface area contributed by atoms with E-state index in [1.807, 2.05) is 0 Å². The summed E-state index contributed by atoms with van der Waals surface area (Å²) in [6, 6.07) is 3.43. The third-order valence-corrected chi connectivity index (χ3v) is 3.61. The lowest BCUT2D eigenvalue weighted by molar-refractivity contribution is -0.0108. The molecule has 3 rings (SSSR count). The fraction of sp³-hybridized carbons (Fsp3) is 0.357. The molecular formula is C14H13ClFN3O3. The summed E-state index contributed by atoms with van der Waals surface area (Å²) in [7, 11) is 0. The van der Waals surface area contributed by atoms with Crippen molar-refractivity contribution in [2.45, 2.75) is 13.0 Å². The standard InChI is InChI=1S/C14H13ClFN3O3/c1-8-17-18-13(22-8)12-7-21-5-4-19(12)14(20)10-3-2-9(15)6-11(10)16/h2-3,6,12H,4-5,7H2,1H3/t12-/m1/s1. The van der Waals surface area contributed by atoms with E-state index < -0.39 is 17.8 Å². The molecular weight excluding hydrogens is 313 g/mol. The number of halogens is 2. The molecule has 0 unspecified atom stereocenters. The molecule has 116 valence electrons. The van der Waals surface area contributed by atoms with Crippen LogP contribution in [0.5, 0.6) is 0 Å². The van der Waals surface area contributed by atoms with Crippen LogP contribution in [0.3, 0.4) is 0 Å². The van der Waals surface area contributed by atoms with Gasteiger partial charge >= 0.3 is 0 Å². The van der Waals surface area contributed by atoms with Crippen molar-refractivity contribution in [3.8, 4) is 0 Å². The van der Waals surface area contributed by atoms with Gasteiger partial charge < -0.3 is 14.1 Å². The van der Waals surface area contributed by atoms with Crippen LogP contribution in [0.25, 0.3) is 0 Å². The van der Waals surface area contributed by atoms with Gasteiger partial charge in [-0.3, -0.25) is 4.79 Å². The average Bonchev–Trinajstić information content (AvgIpc) is 2.93. The van der Waals surface area contributed by atoms with Crippen molar-refractivity contribution in [3.63, 3.8) is 0 Å². The molecule has 8 heteroatoms. The summed E-state index contributed by atoms with van der Waals surface area (Å²) in [5.41, 5.74) is -0.0486. The smallest absolute Gasteiger partial charge is 0.257 e. The summed E-state index contributed by atoms with van der Waals surface area (Å²) < 4.78 is 24.7. The number of carbonyl (C=O) groups is 1. The average molecular weight is 326 g/mol. The second-order valence-corrected chi connectivity index (χ2v) is 5.31. The monoisotopic (exact) mass is 325 g/mol. The van der Waals surface area contributed by atoms with E-state index in [0.29, 0.717) is 19.0 Å². The van der Waals surface area contributed by atoms with Crippen LogP contribution in [-0.4, -0.2) is 40.8 Å². The summed E-state index contributed by atoms with van der Waals surface area (Å²) >= 11 is 5.72. The van der Waals surface area contributed by atoms with Crippen molar-refractivity contribution in [1.82, 2.24) is 15.1 Å². The van der Waals surface area contributed by atoms with Gasteiger partial charge in [0.2, 0.25) is 11.8 Å². The molecule has 1 atom stereocenters. The topological polar surface area (TPSA) is 68.5 Å². The molecule has 0 N–H and O–H groups in total. The maximum Gasteiger partial charge on any atom is 0.257 e. The molecule has 2 aromatic rings. The summed E-state index contributed by atoms with van der Waals surface area (Å²) in [6.07, 6.45) is 0. The van der Waals surface area contributed by atoms with Crippen molar-refractivity contribution in [2.24, 2.45) is 0 Å². The highest BCUT2D eigenvalue weighted by Crippen LogP contribution is 2.26. The van der Waals surface area contributed by atoms with Crippen molar-refractivity contribution in [3.05, 3.63) is 46.4 Å². The summed E-state index contributed by atoms with van der Waals surface area (Å²) in [5.74, 6) is -0.451. The maximum absolute atomic E-state index is 14.0. The van der Waals surface area contributed by atoms with Crippen LogP contribution in [0.2, 0.25) is 5.02 Å². The fourth-order valence-electron chi connectivity index (χ4n) is 2.32. The number of amides is 1. The molecule has 1 aliphatic rings. The molecule has 1 saturated heterocycles. The first kappa shape index (κ1) is 14.9. The van der Waals surface area contributed by atoms with Crippen LogP contribution in [-0.2, 0) is 4.74 Å². The van der Waals surface area contributed by atoms with Crippen molar-refractivity contribution in [1.29, 1.82) is 0 Å². The zero-order chi connectivity index (χ0) is 15.7. The van der Waals surface area contributed by atoms with Crippen molar-refractivity contribution >= 4 is 17.5 Å². The van der Waals surface area contributed by atoms with E-state index >= 15 is 0 Å². The first-order chi connectivity index (χ1) is 10.6. The number of hydrogen-bond donors (Lipinski definition) is 0. The van der Waals surface area contributed by atoms with Crippen LogP contribution in [0.4, 0.5) is 4.39 Å². The minimum atomic E-state index is -0.663. The number of aryl methyl sites for hydroxylation is 1. The molecule has 0 spiro atoms. The lowest BCUT2D eigenvalue weighted by Gasteiger charge is -2.33. The predicted molar refractivity (Wildman–Crippen MR) is 75.0 cm³/mol. The van der Waals surface area contributed by atoms with Crippen LogP contribution in [0.1, 0.15) is 28.2 Å². The van der Waals surface area contributed by atoms with Crippen LogP contribution >= 0.6 is 11.6 Å². The van der Waals surface area contributed by atoms with Crippen molar-refractivity contribution < 1.29 is 18.3 Å². The highest BCUT2D eigenvalue weighted by molar-refractivity contribution is 6.30. The highest BCUT2D eigenvalue weighted by atomic mass is 35.5. The van der Waals surface area contributed by atoms with E-state index in [-0.39, 0.29) is 23.1 Å². The van der Waals surface area contributed by atoms with Gasteiger partial charge in [-0.1, -0.05) is 11.6 Å². The second-order valence-electron chi connectivity index (χ2n) is 4.87. The van der Waals surface area contributed by atoms with Crippen LogP contribution < -0.4 is 0 Å². The molecule has 0 radical (unpaired) electrons. The molecule has 22 heavy (non-hydrogen) atoms. The van der Waals surface area contributed by atoms with E-state index in [1.165, 1.54) is 17.0 Å². The van der Waals surface area contributed by atoms with E-state index in [1.54, 1.807) is 6.92 Å². The largest absolute Gasteiger partial charge is 0.423 e. The Morgan fingerprint density at radius 2 is 2.27 bits per heavy atom. The third-order valence-electron chi connectivity index (χ3n) is 3.38. The fourth-order valence-corrected chi connectivity index (χ4v) is 2.47. The van der Waals surface area contributed by atoms with Gasteiger partial charge in [-0.15, -0.1) is 10.2 Å². The lowest BCUT2D eigenvalue weighted by Crippen LogP contribution is -2.43. The van der Waals surface area contributed by atoms with Gasteiger partial charge in [0.05, 0.1) is 18.8 Å². The zero-order valence-corrected chi connectivity index (χ0v) is 12.5. The zero-order valence-electron chi connectivity index (χ0n) is 11.8. The van der Waals surface area contributed by atoms with Crippen LogP contribution in [0, 0.1) is 12.7 Å². The van der Waals surface area contributed by atoms with Gasteiger partial charge in [0, 0.05) is 18.5 Å². The van der Waals surface area contributed by atoms with E-state index in [9.17, 15) is 9.18 Å². The van der Waals surface area contributed by atoms with Gasteiger partial charge in [-0.2, -0.15) is 0 Å². The molecule has 1 aromatic carbocycles. The predicted octanol–water partition coefficient (Wildman–Crippen LogP) is 2.38. The van der Waals surface area contributed by atoms with E-state index in [2.05, 4.69) is 10.2 Å². The third kappa shape index (κ3) is 2.82. The minimum Gasteiger partial charge on any atom is -0.423 e. The Bertz CT molecular complexity index is 706. The Balaban J connectivity index is 1.91. The number of hydrogen-bond acceptors (Lipinski definition) is 5. The number of benzene rings is 1. The Labute approximate surface area is 130 Å². The molecule has 0 bridgehead atoms. The first-order valence-corrected chi connectivity index (χ1v) is 7.08. The maximum atomic E-state index is 14.0. The minimum absolute atomic E-state index is 0.0486. The molecule has 1 amide bonds. The first-order valence-electron chi connectivity index (χ1n) is 6.70. The van der Waals surface area contributed by atoms with Gasteiger partial charge in [-0.25, -0.2) is 4.39 Å². The van der Waals surface area contributed by atoms with Gasteiger partial charge in [0.25, 0.3) is 5.91 Å². The lowest BCUT2D eigenvalue weighted by atomic mass is 10.1. The summed E-state index contributed by atoms with van der Waals surface area (Å²) in [6.45, 7) is 2.56. The molecule has 1 fully saturated rings. The van der Waals surface area contributed by atoms with Gasteiger partial charge in [0.15, 0.2) is 0 Å². The number of ether oxygens (including phenoxy) is 1. The van der Waals surface area contributed by atoms with Crippen LogP contribution in [0.15, 0.2) is 22.6 Å². The molecule has 6 nitrogen and oxygen atoms in total. The van der Waals surface area contributed by atoms with Gasteiger partial charge in [0.1, 0.15) is 11.9 Å². The molecule has 1 aromatic heterocycles. The normalized spacial score (nSPS) is 18.5. The SMILES string of the molecule is Cc1nnc([C@H]2COCCN2C(=O)c2ccc(Cl)cc2F)o1. The Morgan fingerprint density at radius 3 is 2.95 bits per heavy atom. The number of nitrogens with zero attached hydrogens (tertiary/aromatic N) is 3. The Morgan fingerprint density at radius 1 is 1.45 bits per heavy atom. The molecule has 0 saturated carbocycles.